The molecular formula is C41H29NO2S. The number of fused-ring (bicyclic) bond motifs is 9. The molecule has 2 aliphatic heterocycles. The van der Waals surface area contributed by atoms with Crippen LogP contribution >= 0.6 is 11.3 Å². The fourth-order valence-electron chi connectivity index (χ4n) is 6.67. The number of rotatable bonds is 2. The Morgan fingerprint density at radius 2 is 1.11 bits per heavy atom. The number of benzene rings is 6. The molecular weight excluding hydrogens is 571 g/mol. The molecule has 3 heterocycles. The van der Waals surface area contributed by atoms with E-state index >= 15 is 0 Å². The second kappa shape index (κ2) is 10.7. The van der Waals surface area contributed by atoms with Crippen molar-refractivity contribution in [1.29, 1.82) is 0 Å². The zero-order valence-electron chi connectivity index (χ0n) is 24.5. The van der Waals surface area contributed by atoms with Crippen LogP contribution < -0.4 is 14.8 Å². The van der Waals surface area contributed by atoms with Crippen LogP contribution in [0.4, 0.5) is 0 Å². The van der Waals surface area contributed by atoms with E-state index in [1.165, 1.54) is 25.7 Å². The molecule has 0 unspecified atom stereocenters. The highest BCUT2D eigenvalue weighted by molar-refractivity contribution is 7.25. The van der Waals surface area contributed by atoms with Crippen LogP contribution in [-0.2, 0) is 0 Å². The molecule has 0 bridgehead atoms. The van der Waals surface area contributed by atoms with Crippen LogP contribution in [-0.4, -0.2) is 6.54 Å². The molecule has 6 aromatic carbocycles. The molecule has 3 nitrogen and oxygen atoms in total. The Morgan fingerprint density at radius 1 is 0.511 bits per heavy atom. The number of thiophene rings is 1. The van der Waals surface area contributed by atoms with Crippen molar-refractivity contribution < 1.29 is 9.47 Å². The van der Waals surface area contributed by atoms with E-state index in [-0.39, 0.29) is 0 Å². The third-order valence-corrected chi connectivity index (χ3v) is 9.96. The average Bonchev–Trinajstić information content (AvgIpc) is 3.48. The fourth-order valence-corrected chi connectivity index (χ4v) is 7.80. The Labute approximate surface area is 266 Å². The molecule has 1 aromatic heterocycles. The second-order valence-corrected chi connectivity index (χ2v) is 12.7. The average molecular weight is 600 g/mol. The molecule has 7 aromatic rings. The molecule has 0 aliphatic carbocycles. The first-order valence-electron chi connectivity index (χ1n) is 15.5. The summed E-state index contributed by atoms with van der Waals surface area (Å²) in [6.45, 7) is 0.981. The summed E-state index contributed by atoms with van der Waals surface area (Å²) < 4.78 is 16.4. The Balaban J connectivity index is 1.28. The lowest BCUT2D eigenvalue weighted by Crippen LogP contribution is -2.17. The molecule has 4 heteroatoms. The third-order valence-electron chi connectivity index (χ3n) is 8.83. The van der Waals surface area contributed by atoms with Crippen molar-refractivity contribution in [3.63, 3.8) is 0 Å². The maximum atomic E-state index is 6.94. The van der Waals surface area contributed by atoms with Gasteiger partial charge in [0.1, 0.15) is 23.0 Å². The number of hydrogen-bond acceptors (Lipinski definition) is 4. The molecule has 0 spiro atoms. The summed E-state index contributed by atoms with van der Waals surface area (Å²) in [4.78, 5) is 0. The highest BCUT2D eigenvalue weighted by Crippen LogP contribution is 2.49. The summed E-state index contributed by atoms with van der Waals surface area (Å²) in [5, 5.41) is 6.15. The number of para-hydroxylation sites is 2. The summed E-state index contributed by atoms with van der Waals surface area (Å²) in [5.74, 6) is 3.19. The minimum absolute atomic E-state index is 0.794. The zero-order chi connectivity index (χ0) is 29.7. The van der Waals surface area contributed by atoms with E-state index < -0.39 is 0 Å². The van der Waals surface area contributed by atoms with E-state index in [9.17, 15) is 0 Å². The summed E-state index contributed by atoms with van der Waals surface area (Å²) in [5.41, 5.74) is 8.57. The number of nitrogens with one attached hydrogen (secondary N) is 1. The molecule has 2 aliphatic rings. The monoisotopic (exact) mass is 599 g/mol. The molecule has 0 saturated heterocycles. The fraction of sp³-hybridized carbons (Fsp3) is 0.0732. The van der Waals surface area contributed by atoms with Gasteiger partial charge in [0.2, 0.25) is 0 Å². The minimum atomic E-state index is 0.794. The maximum Gasteiger partial charge on any atom is 0.136 e. The first-order chi connectivity index (χ1) is 22.3. The second-order valence-electron chi connectivity index (χ2n) is 11.6. The molecule has 0 atom stereocenters. The van der Waals surface area contributed by atoms with E-state index in [1.807, 2.05) is 35.6 Å². The molecule has 216 valence electrons. The van der Waals surface area contributed by atoms with Gasteiger partial charge in [-0.3, -0.25) is 0 Å². The van der Waals surface area contributed by atoms with Crippen molar-refractivity contribution in [3.05, 3.63) is 139 Å². The van der Waals surface area contributed by atoms with Gasteiger partial charge >= 0.3 is 0 Å². The standard InChI is InChI=1S/C41H29NO2S/c1-4-15-35-29(10-1)30-11-2-5-16-36(30)44-38-25-27(34-14-7-8-23-42-34)20-22-32(38)31-21-19-26(24-37(31)43-35)28-13-9-18-40-41(28)33-12-3-6-17-39(33)45-40/h1-6,9-22,24-25,42H,7-8,23H2. The van der Waals surface area contributed by atoms with Crippen LogP contribution in [0.2, 0.25) is 0 Å². The Kier molecular flexibility index (Phi) is 6.20. The highest BCUT2D eigenvalue weighted by Gasteiger charge is 2.22. The zero-order valence-corrected chi connectivity index (χ0v) is 25.4. The van der Waals surface area contributed by atoms with Crippen molar-refractivity contribution in [2.75, 3.05) is 6.54 Å². The van der Waals surface area contributed by atoms with Gasteiger partial charge in [-0.2, -0.15) is 0 Å². The highest BCUT2D eigenvalue weighted by atomic mass is 32.1. The molecule has 0 amide bonds. The van der Waals surface area contributed by atoms with Crippen molar-refractivity contribution in [3.8, 4) is 56.4 Å². The Hall–Kier alpha value is -5.32. The lowest BCUT2D eigenvalue weighted by molar-refractivity contribution is 0.472. The number of ether oxygens (including phenoxy) is 2. The quantitative estimate of drug-likeness (QED) is 0.214. The van der Waals surface area contributed by atoms with Gasteiger partial charge in [0, 0.05) is 60.2 Å². The van der Waals surface area contributed by atoms with Gasteiger partial charge in [-0.15, -0.1) is 11.3 Å². The lowest BCUT2D eigenvalue weighted by atomic mass is 9.94. The molecule has 9 rings (SSSR count). The molecule has 0 radical (unpaired) electrons. The molecule has 45 heavy (non-hydrogen) atoms. The van der Waals surface area contributed by atoms with Gasteiger partial charge in [-0.05, 0) is 72.5 Å². The smallest absolute Gasteiger partial charge is 0.136 e. The van der Waals surface area contributed by atoms with Gasteiger partial charge in [0.15, 0.2) is 0 Å². The summed E-state index contributed by atoms with van der Waals surface area (Å²) in [6.07, 6.45) is 4.51. The van der Waals surface area contributed by atoms with Crippen molar-refractivity contribution in [1.82, 2.24) is 5.32 Å². The first-order valence-corrected chi connectivity index (χ1v) is 16.3. The van der Waals surface area contributed by atoms with Crippen molar-refractivity contribution in [2.45, 2.75) is 12.8 Å². The van der Waals surface area contributed by atoms with E-state index in [4.69, 9.17) is 9.47 Å². The van der Waals surface area contributed by atoms with Crippen LogP contribution in [0.3, 0.4) is 0 Å². The normalized spacial score (nSPS) is 13.7. The number of hydrogen-bond donors (Lipinski definition) is 1. The van der Waals surface area contributed by atoms with Gasteiger partial charge < -0.3 is 14.8 Å². The van der Waals surface area contributed by atoms with E-state index in [1.54, 1.807) is 0 Å². The van der Waals surface area contributed by atoms with Crippen LogP contribution in [0, 0.1) is 0 Å². The maximum absolute atomic E-state index is 6.94. The van der Waals surface area contributed by atoms with Crippen molar-refractivity contribution >= 4 is 37.2 Å². The largest absolute Gasteiger partial charge is 0.456 e. The molecule has 0 saturated carbocycles. The SMILES string of the molecule is C1=C(c2ccc3c(c2)Oc2ccccc2-c2ccccc2Oc2cc(-c4cccc5sc6ccccc6c45)ccc2-3)NCCC1. The topological polar surface area (TPSA) is 30.5 Å². The van der Waals surface area contributed by atoms with Crippen LogP contribution in [0.15, 0.2) is 133 Å². The summed E-state index contributed by atoms with van der Waals surface area (Å²) >= 11 is 1.84. The van der Waals surface area contributed by atoms with E-state index in [0.717, 1.165) is 81.5 Å². The van der Waals surface area contributed by atoms with E-state index in [2.05, 4.69) is 115 Å². The van der Waals surface area contributed by atoms with Gasteiger partial charge in [0.05, 0.1) is 0 Å². The van der Waals surface area contributed by atoms with Gasteiger partial charge in [0.25, 0.3) is 0 Å². The lowest BCUT2D eigenvalue weighted by Gasteiger charge is -2.23. The van der Waals surface area contributed by atoms with Gasteiger partial charge in [-0.1, -0.05) is 84.9 Å². The van der Waals surface area contributed by atoms with Crippen LogP contribution in [0.25, 0.3) is 59.3 Å². The summed E-state index contributed by atoms with van der Waals surface area (Å²) in [7, 11) is 0. The predicted molar refractivity (Wildman–Crippen MR) is 187 cm³/mol. The van der Waals surface area contributed by atoms with Crippen LogP contribution in [0.1, 0.15) is 18.4 Å². The van der Waals surface area contributed by atoms with Crippen molar-refractivity contribution in [2.24, 2.45) is 0 Å². The number of allylic oxidation sites excluding steroid dienone is 1. The third kappa shape index (κ3) is 4.49. The Bertz CT molecular complexity index is 2300. The summed E-state index contributed by atoms with van der Waals surface area (Å²) in [6, 6.07) is 44.9. The minimum Gasteiger partial charge on any atom is -0.456 e. The van der Waals surface area contributed by atoms with E-state index in [0.29, 0.717) is 0 Å². The van der Waals surface area contributed by atoms with Crippen LogP contribution in [0.5, 0.6) is 23.0 Å². The van der Waals surface area contributed by atoms with Gasteiger partial charge in [-0.25, -0.2) is 0 Å². The molecule has 1 N–H and O–H groups in total. The molecule has 0 fully saturated rings. The Morgan fingerprint density at radius 3 is 1.84 bits per heavy atom. The predicted octanol–water partition coefficient (Wildman–Crippen LogP) is 11.7. The first kappa shape index (κ1) is 26.1.